The molecule has 1 aromatic carbocycles. The summed E-state index contributed by atoms with van der Waals surface area (Å²) in [7, 11) is 0. The Bertz CT molecular complexity index is 406. The quantitative estimate of drug-likeness (QED) is 0.804. The number of hydrogen-bond donors (Lipinski definition) is 1. The molecule has 0 saturated heterocycles. The standard InChI is InChI=1S/C13H16ClNO3/c1-9(2)12(13(14)17)15-11(16)8-18-10-6-4-3-5-7-10/h3-7,9,12H,8H2,1-2H3,(H,15,16). The normalized spacial score (nSPS) is 12.0. The molecule has 0 aliphatic rings. The number of ether oxygens (including phenoxy) is 1. The number of rotatable bonds is 6. The van der Waals surface area contributed by atoms with Gasteiger partial charge in [-0.15, -0.1) is 0 Å². The van der Waals surface area contributed by atoms with Gasteiger partial charge in [-0.25, -0.2) is 0 Å². The Morgan fingerprint density at radius 2 is 1.89 bits per heavy atom. The van der Waals surface area contributed by atoms with Gasteiger partial charge in [-0.1, -0.05) is 32.0 Å². The van der Waals surface area contributed by atoms with Crippen LogP contribution in [0.3, 0.4) is 0 Å². The molecule has 1 rings (SSSR count). The van der Waals surface area contributed by atoms with E-state index in [4.69, 9.17) is 16.3 Å². The third-order valence-corrected chi connectivity index (χ3v) is 2.58. The molecule has 0 bridgehead atoms. The van der Waals surface area contributed by atoms with Crippen LogP contribution in [0.1, 0.15) is 13.8 Å². The Morgan fingerprint density at radius 1 is 1.28 bits per heavy atom. The average Bonchev–Trinajstić information content (AvgIpc) is 2.34. The minimum absolute atomic E-state index is 0.0596. The van der Waals surface area contributed by atoms with E-state index in [2.05, 4.69) is 5.32 Å². The van der Waals surface area contributed by atoms with Crippen molar-refractivity contribution in [3.63, 3.8) is 0 Å². The highest BCUT2D eigenvalue weighted by atomic mass is 35.5. The molecule has 0 fully saturated rings. The maximum Gasteiger partial charge on any atom is 0.258 e. The van der Waals surface area contributed by atoms with Crippen molar-refractivity contribution >= 4 is 22.8 Å². The van der Waals surface area contributed by atoms with Crippen LogP contribution in [0.25, 0.3) is 0 Å². The lowest BCUT2D eigenvalue weighted by molar-refractivity contribution is -0.127. The fraction of sp³-hybridized carbons (Fsp3) is 0.385. The van der Waals surface area contributed by atoms with Crippen LogP contribution >= 0.6 is 11.6 Å². The van der Waals surface area contributed by atoms with Crippen LogP contribution in [0.5, 0.6) is 5.75 Å². The molecule has 5 heteroatoms. The molecule has 1 N–H and O–H groups in total. The predicted octanol–water partition coefficient (Wildman–Crippen LogP) is 1.97. The van der Waals surface area contributed by atoms with E-state index in [9.17, 15) is 9.59 Å². The Morgan fingerprint density at radius 3 is 2.39 bits per heavy atom. The van der Waals surface area contributed by atoms with Crippen molar-refractivity contribution in [1.29, 1.82) is 0 Å². The summed E-state index contributed by atoms with van der Waals surface area (Å²) >= 11 is 5.41. The van der Waals surface area contributed by atoms with Crippen LogP contribution in [0, 0.1) is 5.92 Å². The van der Waals surface area contributed by atoms with Crippen LogP contribution in [-0.4, -0.2) is 23.8 Å². The largest absolute Gasteiger partial charge is 0.484 e. The van der Waals surface area contributed by atoms with Crippen LogP contribution in [0.4, 0.5) is 0 Å². The summed E-state index contributed by atoms with van der Waals surface area (Å²) in [6, 6.07) is 8.30. The molecule has 0 spiro atoms. The molecule has 1 aromatic rings. The van der Waals surface area contributed by atoms with Gasteiger partial charge in [0.2, 0.25) is 5.24 Å². The average molecular weight is 270 g/mol. The van der Waals surface area contributed by atoms with E-state index in [0.29, 0.717) is 5.75 Å². The topological polar surface area (TPSA) is 55.4 Å². The fourth-order valence-electron chi connectivity index (χ4n) is 1.37. The summed E-state index contributed by atoms with van der Waals surface area (Å²) in [6.45, 7) is 3.48. The van der Waals surface area contributed by atoms with Crippen molar-refractivity contribution in [3.8, 4) is 5.75 Å². The Labute approximate surface area is 111 Å². The van der Waals surface area contributed by atoms with Crippen molar-refractivity contribution < 1.29 is 14.3 Å². The molecule has 98 valence electrons. The van der Waals surface area contributed by atoms with Gasteiger partial charge in [0.25, 0.3) is 5.91 Å². The highest BCUT2D eigenvalue weighted by molar-refractivity contribution is 6.64. The van der Waals surface area contributed by atoms with Crippen molar-refractivity contribution in [2.24, 2.45) is 5.92 Å². The second kappa shape index (κ2) is 7.01. The number of para-hydroxylation sites is 1. The van der Waals surface area contributed by atoms with Gasteiger partial charge in [0.05, 0.1) is 0 Å². The van der Waals surface area contributed by atoms with Gasteiger partial charge in [0.15, 0.2) is 6.61 Å². The zero-order chi connectivity index (χ0) is 13.5. The molecule has 4 nitrogen and oxygen atoms in total. The molecule has 0 aliphatic heterocycles. The Hall–Kier alpha value is -1.55. The van der Waals surface area contributed by atoms with Gasteiger partial charge in [-0.2, -0.15) is 0 Å². The number of nitrogens with one attached hydrogen (secondary N) is 1. The van der Waals surface area contributed by atoms with E-state index in [0.717, 1.165) is 0 Å². The summed E-state index contributed by atoms with van der Waals surface area (Å²) in [5, 5.41) is 1.97. The number of halogens is 1. The van der Waals surface area contributed by atoms with Gasteiger partial charge in [-0.3, -0.25) is 9.59 Å². The van der Waals surface area contributed by atoms with E-state index in [1.54, 1.807) is 12.1 Å². The molecule has 1 atom stereocenters. The molecule has 1 unspecified atom stereocenters. The lowest BCUT2D eigenvalue weighted by atomic mass is 10.1. The van der Waals surface area contributed by atoms with Gasteiger partial charge in [-0.05, 0) is 29.7 Å². The first kappa shape index (κ1) is 14.5. The maximum atomic E-state index is 11.6. The molecule has 1 amide bonds. The molecule has 0 aliphatic carbocycles. The first-order valence-electron chi connectivity index (χ1n) is 5.67. The van der Waals surface area contributed by atoms with Crippen LogP contribution in [0.15, 0.2) is 30.3 Å². The van der Waals surface area contributed by atoms with E-state index >= 15 is 0 Å². The number of carbonyl (C=O) groups is 2. The summed E-state index contributed by atoms with van der Waals surface area (Å²) in [5.74, 6) is 0.174. The van der Waals surface area contributed by atoms with E-state index in [1.807, 2.05) is 32.0 Å². The molecular weight excluding hydrogens is 254 g/mol. The third-order valence-electron chi connectivity index (χ3n) is 2.34. The summed E-state index contributed by atoms with van der Waals surface area (Å²) in [4.78, 5) is 22.7. The fourth-order valence-corrected chi connectivity index (χ4v) is 1.67. The third kappa shape index (κ3) is 4.75. The van der Waals surface area contributed by atoms with Crippen molar-refractivity contribution in [3.05, 3.63) is 30.3 Å². The van der Waals surface area contributed by atoms with Crippen molar-refractivity contribution in [1.82, 2.24) is 5.32 Å². The molecule has 18 heavy (non-hydrogen) atoms. The number of benzene rings is 1. The second-order valence-electron chi connectivity index (χ2n) is 4.20. The molecule has 0 heterocycles. The lowest BCUT2D eigenvalue weighted by Crippen LogP contribution is -2.44. The molecule has 0 radical (unpaired) electrons. The Kier molecular flexibility index (Phi) is 5.65. The predicted molar refractivity (Wildman–Crippen MR) is 69.6 cm³/mol. The number of carbonyl (C=O) groups excluding carboxylic acids is 2. The van der Waals surface area contributed by atoms with Crippen LogP contribution in [-0.2, 0) is 9.59 Å². The molecular formula is C13H16ClNO3. The second-order valence-corrected chi connectivity index (χ2v) is 4.57. The zero-order valence-electron chi connectivity index (χ0n) is 10.4. The monoisotopic (exact) mass is 269 g/mol. The van der Waals surface area contributed by atoms with Crippen molar-refractivity contribution in [2.45, 2.75) is 19.9 Å². The minimum Gasteiger partial charge on any atom is -0.484 e. The van der Waals surface area contributed by atoms with Crippen molar-refractivity contribution in [2.75, 3.05) is 6.61 Å². The number of hydrogen-bond acceptors (Lipinski definition) is 3. The van der Waals surface area contributed by atoms with Gasteiger partial charge < -0.3 is 10.1 Å². The summed E-state index contributed by atoms with van der Waals surface area (Å²) < 4.78 is 5.26. The SMILES string of the molecule is CC(C)C(NC(=O)COc1ccccc1)C(=O)Cl. The first-order valence-corrected chi connectivity index (χ1v) is 6.05. The van der Waals surface area contributed by atoms with Gasteiger partial charge in [0.1, 0.15) is 11.8 Å². The first-order chi connectivity index (χ1) is 8.50. The minimum atomic E-state index is -0.682. The summed E-state index contributed by atoms with van der Waals surface area (Å²) in [5.41, 5.74) is 0. The number of amides is 1. The maximum absolute atomic E-state index is 11.6. The highest BCUT2D eigenvalue weighted by Gasteiger charge is 2.22. The van der Waals surface area contributed by atoms with Gasteiger partial charge >= 0.3 is 0 Å². The molecule has 0 aromatic heterocycles. The van der Waals surface area contributed by atoms with Crippen LogP contribution in [0.2, 0.25) is 0 Å². The smallest absolute Gasteiger partial charge is 0.258 e. The van der Waals surface area contributed by atoms with Crippen LogP contribution < -0.4 is 10.1 Å². The Balaban J connectivity index is 2.44. The van der Waals surface area contributed by atoms with E-state index < -0.39 is 11.3 Å². The zero-order valence-corrected chi connectivity index (χ0v) is 11.1. The van der Waals surface area contributed by atoms with E-state index in [1.165, 1.54) is 0 Å². The summed E-state index contributed by atoms with van der Waals surface area (Å²) in [6.07, 6.45) is 0. The molecule has 0 saturated carbocycles. The van der Waals surface area contributed by atoms with Gasteiger partial charge in [0, 0.05) is 0 Å². The lowest BCUT2D eigenvalue weighted by Gasteiger charge is -2.18. The van der Waals surface area contributed by atoms with E-state index in [-0.39, 0.29) is 18.4 Å². The highest BCUT2D eigenvalue weighted by Crippen LogP contribution is 2.08.